The maximum Gasteiger partial charge on any atom is 0.255 e. The van der Waals surface area contributed by atoms with Gasteiger partial charge in [-0.2, -0.15) is 4.68 Å². The van der Waals surface area contributed by atoms with Gasteiger partial charge in [-0.15, -0.1) is 0 Å². The number of hydrogen-bond acceptors (Lipinski definition) is 5. The molecule has 7 nitrogen and oxygen atoms in total. The van der Waals surface area contributed by atoms with Crippen molar-refractivity contribution in [3.63, 3.8) is 0 Å². The fourth-order valence-corrected chi connectivity index (χ4v) is 3.77. The molecule has 4 rings (SSSR count). The van der Waals surface area contributed by atoms with Gasteiger partial charge in [-0.25, -0.2) is 4.39 Å². The van der Waals surface area contributed by atoms with E-state index in [1.54, 1.807) is 15.6 Å². The second-order valence-electron chi connectivity index (χ2n) is 6.13. The van der Waals surface area contributed by atoms with Gasteiger partial charge >= 0.3 is 0 Å². The number of aromatic nitrogens is 4. The first kappa shape index (κ1) is 17.8. The Morgan fingerprint density at radius 1 is 1.04 bits per heavy atom. The Kier molecular flexibility index (Phi) is 5.01. The summed E-state index contributed by atoms with van der Waals surface area (Å²) in [7, 11) is 0. The molecule has 9 heteroatoms. The van der Waals surface area contributed by atoms with Gasteiger partial charge in [-0.1, -0.05) is 23.3 Å². The van der Waals surface area contributed by atoms with Crippen LogP contribution in [0.25, 0.3) is 5.69 Å². The predicted molar refractivity (Wildman–Crippen MR) is 106 cm³/mol. The standard InChI is InChI=1S/C18H16FIN6O/c19-13-6-7-15(16(20)12-13)17(27)24-8-10-25(11-9-24)18-21-22-23-26(18)14-4-2-1-3-5-14/h1-7,12H,8-11H2. The predicted octanol–water partition coefficient (Wildman–Crippen LogP) is 2.37. The van der Waals surface area contributed by atoms with Crippen LogP contribution in [0.4, 0.5) is 10.3 Å². The summed E-state index contributed by atoms with van der Waals surface area (Å²) in [5.74, 6) is 0.236. The highest BCUT2D eigenvalue weighted by molar-refractivity contribution is 14.1. The number of tetrazole rings is 1. The Morgan fingerprint density at radius 2 is 1.78 bits per heavy atom. The third-order valence-electron chi connectivity index (χ3n) is 4.47. The van der Waals surface area contributed by atoms with Gasteiger partial charge in [0.25, 0.3) is 5.91 Å². The van der Waals surface area contributed by atoms with Crippen LogP contribution in [0, 0.1) is 9.39 Å². The van der Waals surface area contributed by atoms with Crippen LogP contribution in [0.1, 0.15) is 10.4 Å². The number of para-hydroxylation sites is 1. The number of hydrogen-bond donors (Lipinski definition) is 0. The molecule has 1 fully saturated rings. The highest BCUT2D eigenvalue weighted by atomic mass is 127. The first-order valence-corrected chi connectivity index (χ1v) is 9.54. The SMILES string of the molecule is O=C(c1ccc(F)cc1I)N1CCN(c2nnnn2-c2ccccc2)CC1. The van der Waals surface area contributed by atoms with Gasteiger partial charge in [0.1, 0.15) is 5.82 Å². The van der Waals surface area contributed by atoms with Crippen LogP contribution < -0.4 is 4.90 Å². The summed E-state index contributed by atoms with van der Waals surface area (Å²) < 4.78 is 15.6. The fraction of sp³-hybridized carbons (Fsp3) is 0.222. The van der Waals surface area contributed by atoms with Crippen molar-refractivity contribution in [3.8, 4) is 5.69 Å². The van der Waals surface area contributed by atoms with E-state index in [1.165, 1.54) is 12.1 Å². The van der Waals surface area contributed by atoms with E-state index in [0.29, 0.717) is 41.3 Å². The van der Waals surface area contributed by atoms with Gasteiger partial charge in [0.05, 0.1) is 11.3 Å². The normalized spacial score (nSPS) is 14.4. The molecule has 0 unspecified atom stereocenters. The molecule has 0 N–H and O–H groups in total. The van der Waals surface area contributed by atoms with Gasteiger partial charge in [-0.05, 0) is 63.3 Å². The van der Waals surface area contributed by atoms with Crippen molar-refractivity contribution in [1.82, 2.24) is 25.1 Å². The lowest BCUT2D eigenvalue weighted by Crippen LogP contribution is -2.49. The molecule has 1 saturated heterocycles. The Morgan fingerprint density at radius 3 is 2.48 bits per heavy atom. The molecular formula is C18H16FIN6O. The zero-order chi connectivity index (χ0) is 18.8. The number of carbonyl (C=O) groups is 1. The molecule has 0 radical (unpaired) electrons. The maximum absolute atomic E-state index is 13.3. The molecule has 2 aromatic carbocycles. The van der Waals surface area contributed by atoms with Crippen molar-refractivity contribution in [2.45, 2.75) is 0 Å². The molecule has 1 aliphatic heterocycles. The largest absolute Gasteiger partial charge is 0.336 e. The Labute approximate surface area is 168 Å². The van der Waals surface area contributed by atoms with E-state index in [1.807, 2.05) is 52.9 Å². The average molecular weight is 478 g/mol. The molecule has 1 aromatic heterocycles. The van der Waals surface area contributed by atoms with Crippen molar-refractivity contribution in [3.05, 3.63) is 63.5 Å². The number of amides is 1. The van der Waals surface area contributed by atoms with Crippen LogP contribution in [0.5, 0.6) is 0 Å². The van der Waals surface area contributed by atoms with E-state index in [0.717, 1.165) is 5.69 Å². The van der Waals surface area contributed by atoms with Crippen molar-refractivity contribution in [2.75, 3.05) is 31.1 Å². The molecule has 0 bridgehead atoms. The van der Waals surface area contributed by atoms with Crippen molar-refractivity contribution >= 4 is 34.4 Å². The minimum absolute atomic E-state index is 0.0818. The van der Waals surface area contributed by atoms with Crippen LogP contribution in [-0.4, -0.2) is 57.2 Å². The van der Waals surface area contributed by atoms with E-state index in [2.05, 4.69) is 20.4 Å². The molecular weight excluding hydrogens is 462 g/mol. The monoisotopic (exact) mass is 478 g/mol. The highest BCUT2D eigenvalue weighted by Crippen LogP contribution is 2.20. The number of anilines is 1. The van der Waals surface area contributed by atoms with Crippen molar-refractivity contribution < 1.29 is 9.18 Å². The number of rotatable bonds is 3. The van der Waals surface area contributed by atoms with Gasteiger partial charge < -0.3 is 9.80 Å². The lowest BCUT2D eigenvalue weighted by molar-refractivity contribution is 0.0745. The highest BCUT2D eigenvalue weighted by Gasteiger charge is 2.26. The summed E-state index contributed by atoms with van der Waals surface area (Å²) in [6, 6.07) is 13.9. The number of piperazine rings is 1. The van der Waals surface area contributed by atoms with Gasteiger partial charge in [0.15, 0.2) is 0 Å². The molecule has 0 aliphatic carbocycles. The summed E-state index contributed by atoms with van der Waals surface area (Å²) in [4.78, 5) is 16.6. The number of carbonyl (C=O) groups excluding carboxylic acids is 1. The van der Waals surface area contributed by atoms with Gasteiger partial charge in [0, 0.05) is 29.7 Å². The Hall–Kier alpha value is -2.56. The van der Waals surface area contributed by atoms with Crippen molar-refractivity contribution in [1.29, 1.82) is 0 Å². The minimum Gasteiger partial charge on any atom is -0.336 e. The van der Waals surface area contributed by atoms with Gasteiger partial charge in [0.2, 0.25) is 5.95 Å². The molecule has 2 heterocycles. The van der Waals surface area contributed by atoms with Crippen LogP contribution >= 0.6 is 22.6 Å². The van der Waals surface area contributed by atoms with E-state index < -0.39 is 0 Å². The first-order valence-electron chi connectivity index (χ1n) is 8.46. The van der Waals surface area contributed by atoms with E-state index >= 15 is 0 Å². The molecule has 0 spiro atoms. The third kappa shape index (κ3) is 3.64. The van der Waals surface area contributed by atoms with E-state index in [9.17, 15) is 9.18 Å². The molecule has 0 atom stereocenters. The minimum atomic E-state index is -0.339. The molecule has 138 valence electrons. The smallest absolute Gasteiger partial charge is 0.255 e. The summed E-state index contributed by atoms with van der Waals surface area (Å²) in [6.07, 6.45) is 0. The first-order chi connectivity index (χ1) is 13.1. The van der Waals surface area contributed by atoms with E-state index in [4.69, 9.17) is 0 Å². The summed E-state index contributed by atoms with van der Waals surface area (Å²) >= 11 is 1.99. The molecule has 1 aliphatic rings. The van der Waals surface area contributed by atoms with Crippen LogP contribution in [-0.2, 0) is 0 Å². The summed E-state index contributed by atoms with van der Waals surface area (Å²) in [5, 5.41) is 12.0. The molecule has 3 aromatic rings. The lowest BCUT2D eigenvalue weighted by atomic mass is 10.2. The zero-order valence-electron chi connectivity index (χ0n) is 14.3. The third-order valence-corrected chi connectivity index (χ3v) is 5.36. The second-order valence-corrected chi connectivity index (χ2v) is 7.29. The number of halogens is 2. The van der Waals surface area contributed by atoms with Crippen LogP contribution in [0.15, 0.2) is 48.5 Å². The molecule has 1 amide bonds. The van der Waals surface area contributed by atoms with Crippen LogP contribution in [0.2, 0.25) is 0 Å². The Balaban J connectivity index is 1.47. The number of benzene rings is 2. The molecule has 27 heavy (non-hydrogen) atoms. The van der Waals surface area contributed by atoms with Crippen LogP contribution in [0.3, 0.4) is 0 Å². The summed E-state index contributed by atoms with van der Waals surface area (Å²) in [5.41, 5.74) is 1.41. The lowest BCUT2D eigenvalue weighted by Gasteiger charge is -2.35. The zero-order valence-corrected chi connectivity index (χ0v) is 16.5. The summed E-state index contributed by atoms with van der Waals surface area (Å²) in [6.45, 7) is 2.34. The van der Waals surface area contributed by atoms with Gasteiger partial charge in [-0.3, -0.25) is 4.79 Å². The number of nitrogens with zero attached hydrogens (tertiary/aromatic N) is 6. The maximum atomic E-state index is 13.3. The van der Waals surface area contributed by atoms with E-state index in [-0.39, 0.29) is 11.7 Å². The Bertz CT molecular complexity index is 955. The quantitative estimate of drug-likeness (QED) is 0.541. The van der Waals surface area contributed by atoms with Crippen molar-refractivity contribution in [2.24, 2.45) is 0 Å². The molecule has 0 saturated carbocycles. The average Bonchev–Trinajstić information content (AvgIpc) is 3.18. The topological polar surface area (TPSA) is 67.2 Å². The fourth-order valence-electron chi connectivity index (χ4n) is 3.06. The second kappa shape index (κ2) is 7.59.